The van der Waals surface area contributed by atoms with Gasteiger partial charge < -0.3 is 0 Å². The standard InChI is InChI=1S/C13H11NOS/c1-10-2-5-12(6-3-10)16-13-7-4-11(9-15)8-14-13/h2-9H,1H3. The van der Waals surface area contributed by atoms with Gasteiger partial charge in [0.15, 0.2) is 6.29 Å². The Bertz CT molecular complexity index is 476. The molecule has 0 radical (unpaired) electrons. The van der Waals surface area contributed by atoms with E-state index in [1.165, 1.54) is 5.56 Å². The van der Waals surface area contributed by atoms with E-state index in [4.69, 9.17) is 0 Å². The van der Waals surface area contributed by atoms with Crippen molar-refractivity contribution in [2.45, 2.75) is 16.8 Å². The Morgan fingerprint density at radius 3 is 2.44 bits per heavy atom. The average molecular weight is 229 g/mol. The molecule has 0 aliphatic heterocycles. The second kappa shape index (κ2) is 4.94. The summed E-state index contributed by atoms with van der Waals surface area (Å²) in [4.78, 5) is 15.8. The van der Waals surface area contributed by atoms with E-state index in [-0.39, 0.29) is 0 Å². The lowest BCUT2D eigenvalue weighted by Crippen LogP contribution is -1.84. The first-order valence-electron chi connectivity index (χ1n) is 4.94. The summed E-state index contributed by atoms with van der Waals surface area (Å²) in [6, 6.07) is 11.9. The SMILES string of the molecule is Cc1ccc(Sc2ccc(C=O)cn2)cc1. The van der Waals surface area contributed by atoms with Crippen molar-refractivity contribution >= 4 is 18.0 Å². The monoisotopic (exact) mass is 229 g/mol. The maximum absolute atomic E-state index is 10.5. The molecule has 16 heavy (non-hydrogen) atoms. The molecular weight excluding hydrogens is 218 g/mol. The van der Waals surface area contributed by atoms with E-state index < -0.39 is 0 Å². The van der Waals surface area contributed by atoms with E-state index in [2.05, 4.69) is 36.2 Å². The molecule has 0 saturated carbocycles. The maximum Gasteiger partial charge on any atom is 0.151 e. The first-order chi connectivity index (χ1) is 7.78. The molecule has 3 heteroatoms. The Balaban J connectivity index is 2.14. The minimum atomic E-state index is 0.605. The number of aryl methyl sites for hydroxylation is 1. The Morgan fingerprint density at radius 2 is 1.88 bits per heavy atom. The molecule has 0 spiro atoms. The highest BCUT2D eigenvalue weighted by atomic mass is 32.2. The van der Waals surface area contributed by atoms with Crippen molar-refractivity contribution in [1.29, 1.82) is 0 Å². The van der Waals surface area contributed by atoms with Crippen LogP contribution in [-0.2, 0) is 0 Å². The molecule has 0 aliphatic carbocycles. The van der Waals surface area contributed by atoms with Gasteiger partial charge in [-0.25, -0.2) is 4.98 Å². The summed E-state index contributed by atoms with van der Waals surface area (Å²) in [5, 5.41) is 0.898. The summed E-state index contributed by atoms with van der Waals surface area (Å²) in [7, 11) is 0. The highest BCUT2D eigenvalue weighted by Crippen LogP contribution is 2.25. The van der Waals surface area contributed by atoms with Crippen LogP contribution in [0.5, 0.6) is 0 Å². The zero-order valence-electron chi connectivity index (χ0n) is 8.88. The van der Waals surface area contributed by atoms with E-state index in [1.807, 2.05) is 6.07 Å². The van der Waals surface area contributed by atoms with Crippen LogP contribution in [0.2, 0.25) is 0 Å². The minimum Gasteiger partial charge on any atom is -0.298 e. The topological polar surface area (TPSA) is 30.0 Å². The molecule has 2 rings (SSSR count). The third kappa shape index (κ3) is 2.70. The normalized spacial score (nSPS) is 10.1. The van der Waals surface area contributed by atoms with Gasteiger partial charge in [-0.2, -0.15) is 0 Å². The third-order valence-electron chi connectivity index (χ3n) is 2.14. The van der Waals surface area contributed by atoms with Crippen molar-refractivity contribution in [3.63, 3.8) is 0 Å². The smallest absolute Gasteiger partial charge is 0.151 e. The Morgan fingerprint density at radius 1 is 1.12 bits per heavy atom. The van der Waals surface area contributed by atoms with Crippen molar-refractivity contribution < 1.29 is 4.79 Å². The molecular formula is C13H11NOS. The molecule has 2 aromatic rings. The fourth-order valence-electron chi connectivity index (χ4n) is 1.25. The lowest BCUT2D eigenvalue weighted by Gasteiger charge is -2.01. The van der Waals surface area contributed by atoms with E-state index in [9.17, 15) is 4.79 Å². The first kappa shape index (κ1) is 10.9. The van der Waals surface area contributed by atoms with Gasteiger partial charge in [-0.3, -0.25) is 4.79 Å². The van der Waals surface area contributed by atoms with Gasteiger partial charge in [-0.1, -0.05) is 29.5 Å². The van der Waals surface area contributed by atoms with Gasteiger partial charge in [0.05, 0.1) is 0 Å². The number of pyridine rings is 1. The molecule has 0 N–H and O–H groups in total. The molecule has 80 valence electrons. The number of aromatic nitrogens is 1. The molecule has 0 aliphatic rings. The fraction of sp³-hybridized carbons (Fsp3) is 0.0769. The third-order valence-corrected chi connectivity index (χ3v) is 3.10. The van der Waals surface area contributed by atoms with Crippen LogP contribution in [0.15, 0.2) is 52.5 Å². The van der Waals surface area contributed by atoms with Crippen LogP contribution >= 0.6 is 11.8 Å². The van der Waals surface area contributed by atoms with Crippen LogP contribution in [0.4, 0.5) is 0 Å². The van der Waals surface area contributed by atoms with Gasteiger partial charge in [0.2, 0.25) is 0 Å². The number of rotatable bonds is 3. The lowest BCUT2D eigenvalue weighted by molar-refractivity contribution is 0.112. The molecule has 0 saturated heterocycles. The predicted molar refractivity (Wildman–Crippen MR) is 64.9 cm³/mol. The van der Waals surface area contributed by atoms with Crippen LogP contribution in [0.3, 0.4) is 0 Å². The highest BCUT2D eigenvalue weighted by molar-refractivity contribution is 7.99. The summed E-state index contributed by atoms with van der Waals surface area (Å²) in [6.07, 6.45) is 2.39. The number of hydrogen-bond acceptors (Lipinski definition) is 3. The van der Waals surface area contributed by atoms with E-state index >= 15 is 0 Å². The van der Waals surface area contributed by atoms with Crippen LogP contribution in [0.1, 0.15) is 15.9 Å². The number of benzene rings is 1. The number of hydrogen-bond donors (Lipinski definition) is 0. The zero-order valence-corrected chi connectivity index (χ0v) is 9.70. The molecule has 0 atom stereocenters. The molecule has 2 nitrogen and oxygen atoms in total. The molecule has 1 aromatic heterocycles. The highest BCUT2D eigenvalue weighted by Gasteiger charge is 1.98. The molecule has 0 bridgehead atoms. The molecule has 0 amide bonds. The van der Waals surface area contributed by atoms with Gasteiger partial charge in [0.25, 0.3) is 0 Å². The molecule has 0 fully saturated rings. The Labute approximate surface area is 98.7 Å². The van der Waals surface area contributed by atoms with Gasteiger partial charge in [-0.05, 0) is 31.2 Å². The summed E-state index contributed by atoms with van der Waals surface area (Å²) < 4.78 is 0. The Hall–Kier alpha value is -1.61. The molecule has 1 heterocycles. The lowest BCUT2D eigenvalue weighted by atomic mass is 10.2. The Kier molecular flexibility index (Phi) is 3.37. The summed E-state index contributed by atoms with van der Waals surface area (Å²) in [5.41, 5.74) is 1.85. The van der Waals surface area contributed by atoms with Crippen LogP contribution in [-0.4, -0.2) is 11.3 Å². The van der Waals surface area contributed by atoms with E-state index in [0.717, 1.165) is 16.2 Å². The summed E-state index contributed by atoms with van der Waals surface area (Å²) in [6.45, 7) is 2.06. The fourth-order valence-corrected chi connectivity index (χ4v) is 2.00. The second-order valence-electron chi connectivity index (χ2n) is 3.46. The van der Waals surface area contributed by atoms with Gasteiger partial charge >= 0.3 is 0 Å². The number of aldehydes is 1. The van der Waals surface area contributed by atoms with E-state index in [0.29, 0.717) is 5.56 Å². The average Bonchev–Trinajstić information content (AvgIpc) is 2.33. The van der Waals surface area contributed by atoms with Crippen LogP contribution in [0.25, 0.3) is 0 Å². The number of carbonyl (C=O) groups is 1. The van der Waals surface area contributed by atoms with E-state index in [1.54, 1.807) is 24.0 Å². The number of nitrogens with zero attached hydrogens (tertiary/aromatic N) is 1. The zero-order chi connectivity index (χ0) is 11.4. The number of carbonyl (C=O) groups excluding carboxylic acids is 1. The quantitative estimate of drug-likeness (QED) is 0.756. The van der Waals surface area contributed by atoms with Crippen molar-refractivity contribution in [2.75, 3.05) is 0 Å². The first-order valence-corrected chi connectivity index (χ1v) is 5.75. The molecule has 1 aromatic carbocycles. The van der Waals surface area contributed by atoms with Gasteiger partial charge in [0, 0.05) is 16.7 Å². The van der Waals surface area contributed by atoms with Crippen molar-refractivity contribution in [1.82, 2.24) is 4.98 Å². The van der Waals surface area contributed by atoms with Crippen molar-refractivity contribution in [3.8, 4) is 0 Å². The second-order valence-corrected chi connectivity index (χ2v) is 4.56. The van der Waals surface area contributed by atoms with Crippen LogP contribution < -0.4 is 0 Å². The summed E-state index contributed by atoms with van der Waals surface area (Å²) in [5.74, 6) is 0. The predicted octanol–water partition coefficient (Wildman–Crippen LogP) is 3.35. The minimum absolute atomic E-state index is 0.605. The van der Waals surface area contributed by atoms with Crippen LogP contribution in [0, 0.1) is 6.92 Å². The summed E-state index contributed by atoms with van der Waals surface area (Å²) >= 11 is 1.59. The maximum atomic E-state index is 10.5. The van der Waals surface area contributed by atoms with Gasteiger partial charge in [0.1, 0.15) is 5.03 Å². The van der Waals surface area contributed by atoms with Gasteiger partial charge in [-0.15, -0.1) is 0 Å². The molecule has 0 unspecified atom stereocenters. The largest absolute Gasteiger partial charge is 0.298 e. The van der Waals surface area contributed by atoms with Crippen molar-refractivity contribution in [3.05, 3.63) is 53.7 Å². The van der Waals surface area contributed by atoms with Crippen molar-refractivity contribution in [2.24, 2.45) is 0 Å².